The quantitative estimate of drug-likeness (QED) is 0.359. The van der Waals surface area contributed by atoms with Crippen LogP contribution in [0.2, 0.25) is 0 Å². The Hall–Kier alpha value is -2.98. The van der Waals surface area contributed by atoms with Gasteiger partial charge in [-0.25, -0.2) is 0 Å². The van der Waals surface area contributed by atoms with Crippen molar-refractivity contribution in [1.29, 1.82) is 0 Å². The van der Waals surface area contributed by atoms with Crippen LogP contribution in [-0.4, -0.2) is 51.5 Å². The van der Waals surface area contributed by atoms with E-state index in [2.05, 4.69) is 20.8 Å². The number of rotatable bonds is 12. The summed E-state index contributed by atoms with van der Waals surface area (Å²) in [5, 5.41) is 15.3. The van der Waals surface area contributed by atoms with E-state index in [1.165, 1.54) is 11.8 Å². The number of methoxy groups -OCH3 is 1. The van der Waals surface area contributed by atoms with Gasteiger partial charge in [-0.2, -0.15) is 11.8 Å². The predicted molar refractivity (Wildman–Crippen MR) is 138 cm³/mol. The van der Waals surface area contributed by atoms with E-state index >= 15 is 0 Å². The number of ether oxygens (including phenoxy) is 1. The summed E-state index contributed by atoms with van der Waals surface area (Å²) in [6.45, 7) is 2.62. The fourth-order valence-electron chi connectivity index (χ4n) is 3.30. The molecule has 180 valence electrons. The zero-order chi connectivity index (χ0) is 24.3. The maximum atomic E-state index is 12.9. The number of carbonyl (C=O) groups is 2. The van der Waals surface area contributed by atoms with Crippen molar-refractivity contribution in [1.82, 2.24) is 20.1 Å². The second-order valence-electron chi connectivity index (χ2n) is 7.32. The van der Waals surface area contributed by atoms with Crippen LogP contribution in [-0.2, 0) is 11.3 Å². The van der Waals surface area contributed by atoms with Gasteiger partial charge in [-0.05, 0) is 61.8 Å². The van der Waals surface area contributed by atoms with E-state index < -0.39 is 0 Å². The maximum absolute atomic E-state index is 12.9. The number of hydrogen-bond donors (Lipinski definition) is 2. The lowest BCUT2D eigenvalue weighted by molar-refractivity contribution is -0.113. The Kier molecular flexibility index (Phi) is 9.84. The Bertz CT molecular complexity index is 1070. The number of benzene rings is 2. The van der Waals surface area contributed by atoms with E-state index in [1.807, 2.05) is 48.1 Å². The smallest absolute Gasteiger partial charge is 0.251 e. The summed E-state index contributed by atoms with van der Waals surface area (Å²) in [4.78, 5) is 25.3. The van der Waals surface area contributed by atoms with Gasteiger partial charge >= 0.3 is 0 Å². The van der Waals surface area contributed by atoms with Gasteiger partial charge in [0.2, 0.25) is 5.91 Å². The normalized spacial score (nSPS) is 11.6. The van der Waals surface area contributed by atoms with E-state index in [4.69, 9.17) is 4.74 Å². The third-order valence-electron chi connectivity index (χ3n) is 5.03. The molecule has 0 saturated carbocycles. The van der Waals surface area contributed by atoms with Gasteiger partial charge in [0.15, 0.2) is 11.0 Å². The van der Waals surface area contributed by atoms with Gasteiger partial charge in [0.1, 0.15) is 5.75 Å². The predicted octanol–water partition coefficient (Wildman–Crippen LogP) is 4.26. The Balaban J connectivity index is 1.70. The standard InChI is InChI=1S/C24H29N5O3S2/c1-4-29-22(27-28-24(29)34-16-21(30)25-18-8-6-5-7-9-18)20(14-15-33-3)26-23(31)17-10-12-19(32-2)13-11-17/h5-13,20H,4,14-16H2,1-3H3,(H,25,30)(H,26,31)/t20-/m0/s1. The van der Waals surface area contributed by atoms with Crippen LogP contribution >= 0.6 is 23.5 Å². The van der Waals surface area contributed by atoms with E-state index in [-0.39, 0.29) is 23.6 Å². The van der Waals surface area contributed by atoms with Crippen LogP contribution in [0.4, 0.5) is 5.69 Å². The monoisotopic (exact) mass is 499 g/mol. The lowest BCUT2D eigenvalue weighted by Gasteiger charge is -2.19. The number of aromatic nitrogens is 3. The van der Waals surface area contributed by atoms with Crippen LogP contribution in [0.5, 0.6) is 5.75 Å². The van der Waals surface area contributed by atoms with E-state index in [9.17, 15) is 9.59 Å². The number of hydrogen-bond acceptors (Lipinski definition) is 7. The summed E-state index contributed by atoms with van der Waals surface area (Å²) in [6, 6.07) is 16.0. The van der Waals surface area contributed by atoms with Crippen LogP contribution in [0.3, 0.4) is 0 Å². The first kappa shape index (κ1) is 25.6. The molecule has 3 aromatic rings. The third kappa shape index (κ3) is 7.01. The van der Waals surface area contributed by atoms with Crippen LogP contribution in [0.25, 0.3) is 0 Å². The van der Waals surface area contributed by atoms with E-state index in [0.717, 1.165) is 11.4 Å². The molecule has 0 radical (unpaired) electrons. The van der Waals surface area contributed by atoms with Gasteiger partial charge < -0.3 is 19.9 Å². The number of anilines is 1. The Morgan fingerprint density at radius 2 is 1.82 bits per heavy atom. The van der Waals surface area contributed by atoms with Crippen molar-refractivity contribution in [3.8, 4) is 5.75 Å². The van der Waals surface area contributed by atoms with Crippen molar-refractivity contribution in [3.63, 3.8) is 0 Å². The number of amides is 2. The summed E-state index contributed by atoms with van der Waals surface area (Å²) < 4.78 is 7.13. The average Bonchev–Trinajstić information content (AvgIpc) is 3.28. The number of carbonyl (C=O) groups excluding carboxylic acids is 2. The lowest BCUT2D eigenvalue weighted by Crippen LogP contribution is -2.31. The van der Waals surface area contributed by atoms with E-state index in [0.29, 0.717) is 35.3 Å². The minimum absolute atomic E-state index is 0.116. The zero-order valence-electron chi connectivity index (χ0n) is 19.5. The van der Waals surface area contributed by atoms with Crippen molar-refractivity contribution in [2.75, 3.05) is 30.2 Å². The molecule has 2 N–H and O–H groups in total. The molecule has 3 rings (SSSR count). The molecule has 10 heteroatoms. The molecule has 8 nitrogen and oxygen atoms in total. The van der Waals surface area contributed by atoms with Crippen molar-refractivity contribution in [3.05, 3.63) is 66.0 Å². The van der Waals surface area contributed by atoms with E-state index in [1.54, 1.807) is 43.1 Å². The van der Waals surface area contributed by atoms with Crippen LogP contribution in [0, 0.1) is 0 Å². The molecule has 0 fully saturated rings. The lowest BCUT2D eigenvalue weighted by atomic mass is 10.1. The highest BCUT2D eigenvalue weighted by Gasteiger charge is 2.23. The molecule has 0 saturated heterocycles. The van der Waals surface area contributed by atoms with Crippen LogP contribution in [0.15, 0.2) is 59.8 Å². The summed E-state index contributed by atoms with van der Waals surface area (Å²) in [7, 11) is 1.59. The number of nitrogens with one attached hydrogen (secondary N) is 2. The van der Waals surface area contributed by atoms with Gasteiger partial charge in [-0.1, -0.05) is 30.0 Å². The molecular weight excluding hydrogens is 470 g/mol. The molecule has 2 amide bonds. The fraction of sp³-hybridized carbons (Fsp3) is 0.333. The summed E-state index contributed by atoms with van der Waals surface area (Å²) in [6.07, 6.45) is 2.74. The SMILES string of the molecule is CCn1c(SCC(=O)Nc2ccccc2)nnc1[C@H](CCSC)NC(=O)c1ccc(OC)cc1. The van der Waals surface area contributed by atoms with Gasteiger partial charge in [-0.15, -0.1) is 10.2 Å². The van der Waals surface area contributed by atoms with Crippen molar-refractivity contribution in [2.45, 2.75) is 31.1 Å². The molecule has 1 atom stereocenters. The molecule has 2 aromatic carbocycles. The minimum atomic E-state index is -0.304. The minimum Gasteiger partial charge on any atom is -0.497 e. The van der Waals surface area contributed by atoms with Crippen molar-refractivity contribution in [2.24, 2.45) is 0 Å². The highest BCUT2D eigenvalue weighted by molar-refractivity contribution is 7.99. The molecule has 0 aliphatic carbocycles. The second-order valence-corrected chi connectivity index (χ2v) is 9.25. The maximum Gasteiger partial charge on any atom is 0.251 e. The molecule has 1 aromatic heterocycles. The van der Waals surface area contributed by atoms with Gasteiger partial charge in [-0.3, -0.25) is 9.59 Å². The van der Waals surface area contributed by atoms with Crippen molar-refractivity contribution >= 4 is 41.0 Å². The first-order valence-corrected chi connectivity index (χ1v) is 13.3. The molecular formula is C24H29N5O3S2. The number of para-hydroxylation sites is 1. The molecule has 0 aliphatic heterocycles. The zero-order valence-corrected chi connectivity index (χ0v) is 21.1. The van der Waals surface area contributed by atoms with Gasteiger partial charge in [0.05, 0.1) is 18.9 Å². The first-order chi connectivity index (χ1) is 16.5. The molecule has 0 unspecified atom stereocenters. The molecule has 0 aliphatic rings. The molecule has 34 heavy (non-hydrogen) atoms. The van der Waals surface area contributed by atoms with Gasteiger partial charge in [0.25, 0.3) is 5.91 Å². The van der Waals surface area contributed by atoms with Crippen LogP contribution < -0.4 is 15.4 Å². The summed E-state index contributed by atoms with van der Waals surface area (Å²) in [5.41, 5.74) is 1.30. The molecule has 0 spiro atoms. The molecule has 1 heterocycles. The summed E-state index contributed by atoms with van der Waals surface area (Å²) >= 11 is 3.03. The second kappa shape index (κ2) is 13.0. The third-order valence-corrected chi connectivity index (χ3v) is 6.64. The fourth-order valence-corrected chi connectivity index (χ4v) is 4.58. The largest absolute Gasteiger partial charge is 0.497 e. The van der Waals surface area contributed by atoms with Gasteiger partial charge in [0, 0.05) is 17.8 Å². The first-order valence-electron chi connectivity index (χ1n) is 10.9. The summed E-state index contributed by atoms with van der Waals surface area (Å²) in [5.74, 6) is 2.14. The average molecular weight is 500 g/mol. The Labute approximate surface area is 208 Å². The Morgan fingerprint density at radius 1 is 1.09 bits per heavy atom. The Morgan fingerprint density at radius 3 is 2.47 bits per heavy atom. The highest BCUT2D eigenvalue weighted by Crippen LogP contribution is 2.24. The van der Waals surface area contributed by atoms with Crippen LogP contribution in [0.1, 0.15) is 35.6 Å². The number of nitrogens with zero attached hydrogens (tertiary/aromatic N) is 3. The molecule has 0 bridgehead atoms. The highest BCUT2D eigenvalue weighted by atomic mass is 32.2. The topological polar surface area (TPSA) is 98.1 Å². The van der Waals surface area contributed by atoms with Crippen molar-refractivity contribution < 1.29 is 14.3 Å². The number of thioether (sulfide) groups is 2.